The van der Waals surface area contributed by atoms with Gasteiger partial charge in [0.15, 0.2) is 0 Å². The quantitative estimate of drug-likeness (QED) is 0.743. The predicted molar refractivity (Wildman–Crippen MR) is 57.0 cm³/mol. The van der Waals surface area contributed by atoms with Gasteiger partial charge in [-0.2, -0.15) is 0 Å². The van der Waals surface area contributed by atoms with Crippen LogP contribution in [0.3, 0.4) is 0 Å². The third kappa shape index (κ3) is 0.979. The van der Waals surface area contributed by atoms with Crippen molar-refractivity contribution in [1.82, 2.24) is 9.55 Å². The van der Waals surface area contributed by atoms with E-state index in [1.807, 2.05) is 23.9 Å². The van der Waals surface area contributed by atoms with E-state index in [9.17, 15) is 0 Å². The Balaban J connectivity index is 2.86. The number of hydrogen-bond acceptors (Lipinski definition) is 2. The zero-order valence-electron chi connectivity index (χ0n) is 6.58. The normalized spacial score (nSPS) is 10.8. The number of aromatic nitrogens is 2. The molecule has 0 aromatic rings. The van der Waals surface area contributed by atoms with Gasteiger partial charge in [0.25, 0.3) is 0 Å². The van der Waals surface area contributed by atoms with Crippen LogP contribution >= 0.6 is 22.6 Å². The molecule has 0 bridgehead atoms. The van der Waals surface area contributed by atoms with E-state index < -0.39 is 0 Å². The molecular formula is C8H8IN3. The van der Waals surface area contributed by atoms with Gasteiger partial charge in [0.2, 0.25) is 0 Å². The first kappa shape index (κ1) is 7.85. The Morgan fingerprint density at radius 3 is 3.08 bits per heavy atom. The fourth-order valence-corrected chi connectivity index (χ4v) is 1.96. The number of nitrogens with two attached hydrogens (primary N) is 1. The van der Waals surface area contributed by atoms with Gasteiger partial charge in [0.1, 0.15) is 5.82 Å². The summed E-state index contributed by atoms with van der Waals surface area (Å²) in [5.41, 5.74) is 7.72. The average Bonchev–Trinajstić information content (AvgIpc) is 2.48. The van der Waals surface area contributed by atoms with Gasteiger partial charge >= 0.3 is 0 Å². The Hall–Kier alpha value is -0.780. The van der Waals surface area contributed by atoms with Gasteiger partial charge in [0.05, 0.1) is 9.26 Å². The summed E-state index contributed by atoms with van der Waals surface area (Å²) in [5, 5.41) is 0. The van der Waals surface area contributed by atoms with Crippen molar-refractivity contribution in [2.45, 2.75) is 0 Å². The number of pyridine rings is 1. The van der Waals surface area contributed by atoms with Crippen molar-refractivity contribution in [2.75, 3.05) is 5.73 Å². The summed E-state index contributed by atoms with van der Waals surface area (Å²) in [6.07, 6.45) is 3.75. The van der Waals surface area contributed by atoms with Crippen molar-refractivity contribution in [3.63, 3.8) is 0 Å². The summed E-state index contributed by atoms with van der Waals surface area (Å²) < 4.78 is 3.04. The van der Waals surface area contributed by atoms with Gasteiger partial charge < -0.3 is 10.3 Å². The molecule has 12 heavy (non-hydrogen) atoms. The van der Waals surface area contributed by atoms with Crippen molar-refractivity contribution in [3.8, 4) is 11.4 Å². The number of anilines is 1. The largest absolute Gasteiger partial charge is 0.397 e. The van der Waals surface area contributed by atoms with Crippen LogP contribution in [0.5, 0.6) is 0 Å². The lowest BCUT2D eigenvalue weighted by molar-refractivity contribution is 0.887. The Morgan fingerprint density at radius 1 is 1.58 bits per heavy atom. The number of rotatable bonds is 0. The highest BCUT2D eigenvalue weighted by molar-refractivity contribution is 14.1. The highest BCUT2D eigenvalue weighted by Crippen LogP contribution is 2.29. The summed E-state index contributed by atoms with van der Waals surface area (Å²) in [6, 6.07) is 1.94. The van der Waals surface area contributed by atoms with E-state index in [2.05, 4.69) is 27.6 Å². The van der Waals surface area contributed by atoms with Crippen molar-refractivity contribution in [3.05, 3.63) is 22.0 Å². The molecule has 3 nitrogen and oxygen atoms in total. The maximum Gasteiger partial charge on any atom is 0.141 e. The van der Waals surface area contributed by atoms with E-state index in [1.54, 1.807) is 6.20 Å². The minimum Gasteiger partial charge on any atom is -0.397 e. The van der Waals surface area contributed by atoms with E-state index >= 15 is 0 Å². The Bertz CT molecular complexity index is 394. The molecule has 2 heterocycles. The van der Waals surface area contributed by atoms with Gasteiger partial charge in [0, 0.05) is 25.0 Å². The second-order valence-electron chi connectivity index (χ2n) is 2.68. The number of hydrogen-bond donors (Lipinski definition) is 1. The number of aryl methyl sites for hydroxylation is 1. The minimum atomic E-state index is 0.821. The first-order valence-electron chi connectivity index (χ1n) is 3.55. The lowest BCUT2D eigenvalue weighted by atomic mass is 10.2. The van der Waals surface area contributed by atoms with E-state index in [0.717, 1.165) is 20.6 Å². The monoisotopic (exact) mass is 273 g/mol. The van der Waals surface area contributed by atoms with Crippen LogP contribution in [-0.4, -0.2) is 9.55 Å². The van der Waals surface area contributed by atoms with Crippen LogP contribution in [0.1, 0.15) is 0 Å². The number of nitrogen functional groups attached to an aromatic ring is 1. The topological polar surface area (TPSA) is 43.8 Å². The third-order valence-electron chi connectivity index (χ3n) is 1.87. The molecule has 2 rings (SSSR count). The van der Waals surface area contributed by atoms with Crippen LogP contribution in [0, 0.1) is 3.57 Å². The van der Waals surface area contributed by atoms with E-state index in [1.165, 1.54) is 0 Å². The summed E-state index contributed by atoms with van der Waals surface area (Å²) in [6.45, 7) is 0. The van der Waals surface area contributed by atoms with Crippen molar-refractivity contribution in [1.29, 1.82) is 0 Å². The highest BCUT2D eigenvalue weighted by atomic mass is 127. The molecule has 0 aromatic heterocycles. The van der Waals surface area contributed by atoms with Crippen molar-refractivity contribution >= 4 is 28.3 Å². The second-order valence-corrected chi connectivity index (χ2v) is 3.85. The molecule has 4 heteroatoms. The van der Waals surface area contributed by atoms with Crippen LogP contribution in [0.15, 0.2) is 18.5 Å². The molecule has 0 saturated carbocycles. The van der Waals surface area contributed by atoms with E-state index in [-0.39, 0.29) is 0 Å². The molecule has 0 atom stereocenters. The number of fused-ring (bicyclic) bond motifs is 1. The van der Waals surface area contributed by atoms with Crippen LogP contribution in [0.2, 0.25) is 0 Å². The smallest absolute Gasteiger partial charge is 0.141 e. The molecule has 0 fully saturated rings. The molecular weight excluding hydrogens is 265 g/mol. The molecule has 0 spiro atoms. The Kier molecular flexibility index (Phi) is 1.71. The maximum atomic E-state index is 5.87. The Morgan fingerprint density at radius 2 is 2.33 bits per heavy atom. The molecule has 0 amide bonds. The molecule has 62 valence electrons. The van der Waals surface area contributed by atoms with E-state index in [4.69, 9.17) is 5.73 Å². The lowest BCUT2D eigenvalue weighted by Crippen LogP contribution is -2.03. The van der Waals surface area contributed by atoms with E-state index in [0.29, 0.717) is 0 Å². The standard InChI is InChI=1S/C8H8IN3/c1-12-4-6(9)7(10)5-2-3-11-8(5)12/h2-4H,10H2,1H3. The summed E-state index contributed by atoms with van der Waals surface area (Å²) in [7, 11) is 1.97. The Labute approximate surface area is 84.1 Å². The fraction of sp³-hybridized carbons (Fsp3) is 0.125. The van der Waals surface area contributed by atoms with Gasteiger partial charge in [-0.15, -0.1) is 0 Å². The summed E-state index contributed by atoms with van der Waals surface area (Å²) >= 11 is 2.22. The van der Waals surface area contributed by atoms with Crippen molar-refractivity contribution < 1.29 is 0 Å². The maximum absolute atomic E-state index is 5.87. The summed E-state index contributed by atoms with van der Waals surface area (Å²) in [4.78, 5) is 4.20. The molecule has 0 radical (unpaired) electrons. The first-order valence-corrected chi connectivity index (χ1v) is 4.63. The molecule has 2 N–H and O–H groups in total. The van der Waals surface area contributed by atoms with Gasteiger partial charge in [-0.1, -0.05) is 0 Å². The number of halogens is 1. The zero-order chi connectivity index (χ0) is 8.72. The molecule has 0 unspecified atom stereocenters. The average molecular weight is 273 g/mol. The molecule has 2 aliphatic rings. The third-order valence-corrected chi connectivity index (χ3v) is 2.73. The molecule has 0 saturated heterocycles. The highest BCUT2D eigenvalue weighted by Gasteiger charge is 2.12. The van der Waals surface area contributed by atoms with Gasteiger partial charge in [-0.3, -0.25) is 0 Å². The first-order chi connectivity index (χ1) is 5.70. The number of nitrogens with zero attached hydrogens (tertiary/aromatic N) is 2. The lowest BCUT2D eigenvalue weighted by Gasteiger charge is -2.09. The van der Waals surface area contributed by atoms with Crippen LogP contribution in [0.4, 0.5) is 5.69 Å². The fourth-order valence-electron chi connectivity index (χ4n) is 1.25. The zero-order valence-corrected chi connectivity index (χ0v) is 8.74. The summed E-state index contributed by atoms with van der Waals surface area (Å²) in [5.74, 6) is 0.938. The molecule has 2 aliphatic heterocycles. The molecule has 0 aliphatic carbocycles. The van der Waals surface area contributed by atoms with Crippen LogP contribution < -0.4 is 5.73 Å². The van der Waals surface area contributed by atoms with Crippen LogP contribution in [-0.2, 0) is 7.05 Å². The molecule has 0 aromatic carbocycles. The van der Waals surface area contributed by atoms with Crippen molar-refractivity contribution in [2.24, 2.45) is 7.05 Å². The predicted octanol–water partition coefficient (Wildman–Crippen LogP) is 1.71. The second kappa shape index (κ2) is 2.62. The minimum absolute atomic E-state index is 0.821. The van der Waals surface area contributed by atoms with Crippen LogP contribution in [0.25, 0.3) is 11.4 Å². The van der Waals surface area contributed by atoms with Gasteiger partial charge in [-0.25, -0.2) is 4.98 Å². The SMILES string of the molecule is Cn1cc(I)c(N)c2ccnc1-2. The van der Waals surface area contributed by atoms with Gasteiger partial charge in [-0.05, 0) is 28.7 Å².